The van der Waals surface area contributed by atoms with Crippen LogP contribution in [0.5, 0.6) is 11.5 Å². The molecule has 0 spiro atoms. The van der Waals surface area contributed by atoms with Crippen molar-refractivity contribution in [3.63, 3.8) is 0 Å². The van der Waals surface area contributed by atoms with Crippen LogP contribution in [0.3, 0.4) is 0 Å². The summed E-state index contributed by atoms with van der Waals surface area (Å²) in [6, 6.07) is 12.7. The second-order valence-electron chi connectivity index (χ2n) is 6.60. The van der Waals surface area contributed by atoms with Crippen molar-refractivity contribution in [1.29, 1.82) is 0 Å². The third kappa shape index (κ3) is 4.89. The Bertz CT molecular complexity index is 1230. The summed E-state index contributed by atoms with van der Waals surface area (Å²) in [6.07, 6.45) is 1.46. The van der Waals surface area contributed by atoms with Gasteiger partial charge in [0.1, 0.15) is 25.6 Å². The maximum atomic E-state index is 13.4. The van der Waals surface area contributed by atoms with E-state index in [0.717, 1.165) is 21.3 Å². The minimum atomic E-state index is -4.20. The number of carbonyl (C=O) groups excluding carboxylic acids is 1. The van der Waals surface area contributed by atoms with Gasteiger partial charge in [-0.15, -0.1) is 11.3 Å². The van der Waals surface area contributed by atoms with E-state index in [0.29, 0.717) is 24.7 Å². The van der Waals surface area contributed by atoms with Crippen LogP contribution >= 0.6 is 11.3 Å². The summed E-state index contributed by atoms with van der Waals surface area (Å²) in [7, 11) is -4.20. The second-order valence-corrected chi connectivity index (χ2v) is 9.44. The van der Waals surface area contributed by atoms with Crippen LogP contribution in [0.15, 0.2) is 70.0 Å². The lowest BCUT2D eigenvalue weighted by Gasteiger charge is -2.25. The van der Waals surface area contributed by atoms with Gasteiger partial charge >= 0.3 is 0 Å². The molecular weight excluding hydrogens is 457 g/mol. The molecule has 8 nitrogen and oxygen atoms in total. The van der Waals surface area contributed by atoms with Gasteiger partial charge in [0.25, 0.3) is 15.9 Å². The molecule has 0 atom stereocenters. The van der Waals surface area contributed by atoms with Gasteiger partial charge in [-0.1, -0.05) is 6.07 Å². The SMILES string of the molecule is O=C(CN(c1ccc(F)cc1)S(=O)(=O)c1ccc2c(c1)OCCO2)N/N=C\c1cccs1. The first-order valence-corrected chi connectivity index (χ1v) is 11.8. The van der Waals surface area contributed by atoms with Gasteiger partial charge in [0, 0.05) is 10.9 Å². The highest BCUT2D eigenvalue weighted by atomic mass is 32.2. The minimum absolute atomic E-state index is 0.0963. The summed E-state index contributed by atoms with van der Waals surface area (Å²) < 4.78 is 52.1. The molecule has 2 aromatic carbocycles. The molecule has 1 aromatic heterocycles. The second kappa shape index (κ2) is 9.37. The Labute approximate surface area is 187 Å². The normalized spacial score (nSPS) is 13.2. The number of hydrogen-bond donors (Lipinski definition) is 1. The Balaban J connectivity index is 1.61. The van der Waals surface area contributed by atoms with Crippen LogP contribution in [-0.2, 0) is 14.8 Å². The van der Waals surface area contributed by atoms with Gasteiger partial charge in [-0.05, 0) is 47.8 Å². The maximum Gasteiger partial charge on any atom is 0.264 e. The Kier molecular flexibility index (Phi) is 6.37. The van der Waals surface area contributed by atoms with E-state index in [1.54, 1.807) is 0 Å². The van der Waals surface area contributed by atoms with Crippen LogP contribution in [0.4, 0.5) is 10.1 Å². The third-order valence-corrected chi connectivity index (χ3v) is 7.00. The van der Waals surface area contributed by atoms with Crippen LogP contribution in [-0.4, -0.2) is 40.3 Å². The highest BCUT2D eigenvalue weighted by Crippen LogP contribution is 2.34. The Morgan fingerprint density at radius 1 is 1.12 bits per heavy atom. The molecule has 11 heteroatoms. The summed E-state index contributed by atoms with van der Waals surface area (Å²) in [6.45, 7) is 0.0972. The topological polar surface area (TPSA) is 97.3 Å². The standard InChI is InChI=1S/C21H18FN3O5S2/c22-15-3-5-16(6-4-15)25(14-21(26)24-23-13-17-2-1-11-31-17)32(27,28)18-7-8-19-20(12-18)30-10-9-29-19/h1-8,11-13H,9-10,14H2,(H,24,26)/b23-13-. The van der Waals surface area contributed by atoms with E-state index in [2.05, 4.69) is 10.5 Å². The van der Waals surface area contributed by atoms with Gasteiger partial charge in [0.15, 0.2) is 11.5 Å². The van der Waals surface area contributed by atoms with Gasteiger partial charge in [0.2, 0.25) is 0 Å². The molecule has 0 aliphatic carbocycles. The molecule has 0 saturated heterocycles. The first-order chi connectivity index (χ1) is 15.4. The molecule has 1 amide bonds. The third-order valence-electron chi connectivity index (χ3n) is 4.43. The smallest absolute Gasteiger partial charge is 0.264 e. The molecule has 0 radical (unpaired) electrons. The maximum absolute atomic E-state index is 13.4. The molecule has 0 fully saturated rings. The average molecular weight is 476 g/mol. The summed E-state index contributed by atoms with van der Waals surface area (Å²) in [5.41, 5.74) is 2.44. The van der Waals surface area contributed by atoms with Gasteiger partial charge in [-0.2, -0.15) is 5.10 Å². The molecular formula is C21H18FN3O5S2. The first-order valence-electron chi connectivity index (χ1n) is 9.47. The molecule has 32 heavy (non-hydrogen) atoms. The van der Waals surface area contributed by atoms with E-state index < -0.39 is 28.3 Å². The van der Waals surface area contributed by atoms with Crippen LogP contribution in [0.1, 0.15) is 4.88 Å². The first kappa shape index (κ1) is 21.8. The highest BCUT2D eigenvalue weighted by Gasteiger charge is 2.29. The molecule has 3 aromatic rings. The van der Waals surface area contributed by atoms with E-state index in [4.69, 9.17) is 9.47 Å². The van der Waals surface area contributed by atoms with Crippen molar-refractivity contribution in [3.8, 4) is 11.5 Å². The van der Waals surface area contributed by atoms with Crippen molar-refractivity contribution >= 4 is 39.2 Å². The lowest BCUT2D eigenvalue weighted by molar-refractivity contribution is -0.119. The molecule has 166 valence electrons. The van der Waals surface area contributed by atoms with Gasteiger partial charge in [0.05, 0.1) is 16.8 Å². The number of nitrogens with zero attached hydrogens (tertiary/aromatic N) is 2. The van der Waals surface area contributed by atoms with Crippen molar-refractivity contribution < 1.29 is 27.1 Å². The van der Waals surface area contributed by atoms with Crippen molar-refractivity contribution in [2.45, 2.75) is 4.90 Å². The zero-order valence-electron chi connectivity index (χ0n) is 16.6. The summed E-state index contributed by atoms with van der Waals surface area (Å²) >= 11 is 1.43. The number of nitrogens with one attached hydrogen (secondary N) is 1. The largest absolute Gasteiger partial charge is 0.486 e. The number of anilines is 1. The molecule has 2 heterocycles. The van der Waals surface area contributed by atoms with Crippen LogP contribution < -0.4 is 19.2 Å². The number of fused-ring (bicyclic) bond motifs is 1. The van der Waals surface area contributed by atoms with Crippen molar-refractivity contribution in [2.24, 2.45) is 5.10 Å². The monoisotopic (exact) mass is 475 g/mol. The molecule has 0 bridgehead atoms. The number of sulfonamides is 1. The zero-order chi connectivity index (χ0) is 22.6. The molecule has 4 rings (SSSR count). The number of ether oxygens (including phenoxy) is 2. The number of hydrogen-bond acceptors (Lipinski definition) is 7. The molecule has 1 N–H and O–H groups in total. The van der Waals surface area contributed by atoms with Crippen molar-refractivity contribution in [3.05, 3.63) is 70.7 Å². The molecule has 1 aliphatic heterocycles. The Morgan fingerprint density at radius 2 is 1.88 bits per heavy atom. The molecule has 0 saturated carbocycles. The quantitative estimate of drug-likeness (QED) is 0.419. The fourth-order valence-corrected chi connectivity index (χ4v) is 4.95. The molecule has 1 aliphatic rings. The van der Waals surface area contributed by atoms with E-state index in [1.807, 2.05) is 17.5 Å². The number of amides is 1. The van der Waals surface area contributed by atoms with Crippen molar-refractivity contribution in [1.82, 2.24) is 5.43 Å². The Morgan fingerprint density at radius 3 is 2.59 bits per heavy atom. The number of halogens is 1. The van der Waals surface area contributed by atoms with Crippen LogP contribution in [0.25, 0.3) is 0 Å². The average Bonchev–Trinajstić information content (AvgIpc) is 3.31. The summed E-state index contributed by atoms with van der Waals surface area (Å²) in [5, 5.41) is 5.72. The van der Waals surface area contributed by atoms with Crippen LogP contribution in [0.2, 0.25) is 0 Å². The number of benzene rings is 2. The summed E-state index contributed by atoms with van der Waals surface area (Å²) in [4.78, 5) is 13.2. The number of thiophene rings is 1. The minimum Gasteiger partial charge on any atom is -0.486 e. The summed E-state index contributed by atoms with van der Waals surface area (Å²) in [5.74, 6) is -0.468. The van der Waals surface area contributed by atoms with Crippen LogP contribution in [0, 0.1) is 5.82 Å². The lowest BCUT2D eigenvalue weighted by atomic mass is 10.3. The number of hydrazone groups is 1. The zero-order valence-corrected chi connectivity index (χ0v) is 18.2. The van der Waals surface area contributed by atoms with Gasteiger partial charge in [-0.3, -0.25) is 9.10 Å². The molecule has 0 unspecified atom stereocenters. The Hall–Kier alpha value is -3.44. The van der Waals surface area contributed by atoms with Crippen molar-refractivity contribution in [2.75, 3.05) is 24.1 Å². The van der Waals surface area contributed by atoms with Gasteiger partial charge < -0.3 is 9.47 Å². The fraction of sp³-hybridized carbons (Fsp3) is 0.143. The van der Waals surface area contributed by atoms with E-state index in [1.165, 1.54) is 47.9 Å². The predicted octanol–water partition coefficient (Wildman–Crippen LogP) is 3.00. The van der Waals surface area contributed by atoms with Gasteiger partial charge in [-0.25, -0.2) is 18.2 Å². The van der Waals surface area contributed by atoms with E-state index >= 15 is 0 Å². The highest BCUT2D eigenvalue weighted by molar-refractivity contribution is 7.92. The number of carbonyl (C=O) groups is 1. The number of rotatable bonds is 7. The van der Waals surface area contributed by atoms with E-state index in [9.17, 15) is 17.6 Å². The lowest BCUT2D eigenvalue weighted by Crippen LogP contribution is -2.39. The predicted molar refractivity (Wildman–Crippen MR) is 118 cm³/mol. The van der Waals surface area contributed by atoms with E-state index in [-0.39, 0.29) is 10.6 Å². The fourth-order valence-electron chi connectivity index (χ4n) is 2.93.